The van der Waals surface area contributed by atoms with Crippen LogP contribution in [0.4, 0.5) is 0 Å². The fraction of sp³-hybridized carbons (Fsp3) is 0. The Balaban J connectivity index is 2.56. The van der Waals surface area contributed by atoms with Crippen LogP contribution < -0.4 is 0 Å². The van der Waals surface area contributed by atoms with Crippen molar-refractivity contribution in [3.63, 3.8) is 0 Å². The van der Waals surface area contributed by atoms with Crippen molar-refractivity contribution in [2.24, 2.45) is 0 Å². The smallest absolute Gasteiger partial charge is 0.178 e. The number of pyridine rings is 1. The first kappa shape index (κ1) is 9.72. The van der Waals surface area contributed by atoms with Crippen molar-refractivity contribution in [1.82, 2.24) is 15.0 Å². The summed E-state index contributed by atoms with van der Waals surface area (Å²) in [6, 6.07) is 7.63. The summed E-state index contributed by atoms with van der Waals surface area (Å²) in [5.74, 6) is 0. The minimum Gasteiger partial charge on any atom is -0.343 e. The molecule has 3 aromatic rings. The highest BCUT2D eigenvalue weighted by molar-refractivity contribution is 6.16. The first-order valence-corrected chi connectivity index (χ1v) is 5.17. The van der Waals surface area contributed by atoms with E-state index in [1.54, 1.807) is 6.33 Å². The van der Waals surface area contributed by atoms with Crippen molar-refractivity contribution in [2.45, 2.75) is 0 Å². The lowest BCUT2D eigenvalue weighted by Crippen LogP contribution is -1.92. The quantitative estimate of drug-likeness (QED) is 0.535. The second kappa shape index (κ2) is 3.52. The number of carbonyl (C=O) groups is 1. The maximum absolute atomic E-state index is 11.0. The maximum atomic E-state index is 11.0. The molecular weight excluding hydrogens is 214 g/mol. The fourth-order valence-corrected chi connectivity index (χ4v) is 1.98. The Bertz CT molecular complexity index is 743. The Labute approximate surface area is 97.0 Å². The van der Waals surface area contributed by atoms with Gasteiger partial charge in [0.2, 0.25) is 0 Å². The van der Waals surface area contributed by atoms with E-state index in [4.69, 9.17) is 0 Å². The number of benzene rings is 1. The Hall–Kier alpha value is -2.49. The number of imidazole rings is 1. The number of aldehydes is 1. The Kier molecular flexibility index (Phi) is 2.01. The van der Waals surface area contributed by atoms with E-state index in [0.717, 1.165) is 28.3 Å². The van der Waals surface area contributed by atoms with Gasteiger partial charge in [0.15, 0.2) is 5.65 Å². The minimum atomic E-state index is 0.429. The van der Waals surface area contributed by atoms with Gasteiger partial charge in [-0.25, -0.2) is 9.97 Å². The van der Waals surface area contributed by atoms with Crippen molar-refractivity contribution in [3.8, 4) is 0 Å². The summed E-state index contributed by atoms with van der Waals surface area (Å²) in [4.78, 5) is 22.5. The molecule has 3 rings (SSSR count). The molecule has 1 N–H and O–H groups in total. The zero-order valence-electron chi connectivity index (χ0n) is 8.97. The van der Waals surface area contributed by atoms with Crippen molar-refractivity contribution >= 4 is 33.9 Å². The van der Waals surface area contributed by atoms with Gasteiger partial charge in [0.05, 0.1) is 17.4 Å². The number of H-pyrrole nitrogens is 1. The molecule has 0 unspecified atom stereocenters. The molecule has 82 valence electrons. The number of hydrogen-bond donors (Lipinski definition) is 1. The molecule has 0 aliphatic carbocycles. The Morgan fingerprint density at radius 1 is 1.35 bits per heavy atom. The zero-order chi connectivity index (χ0) is 11.8. The van der Waals surface area contributed by atoms with Gasteiger partial charge in [0.25, 0.3) is 0 Å². The highest BCUT2D eigenvalue weighted by Gasteiger charge is 2.12. The lowest BCUT2D eigenvalue weighted by Gasteiger charge is -2.05. The molecule has 0 amide bonds. The summed E-state index contributed by atoms with van der Waals surface area (Å²) in [6.45, 7) is 3.78. The molecule has 0 radical (unpaired) electrons. The predicted octanol–water partition coefficient (Wildman–Crippen LogP) is 2.32. The van der Waals surface area contributed by atoms with Crippen LogP contribution >= 0.6 is 0 Å². The van der Waals surface area contributed by atoms with Crippen LogP contribution in [0, 0.1) is 0 Å². The normalized spacial score (nSPS) is 10.8. The molecule has 0 saturated carbocycles. The average Bonchev–Trinajstić information content (AvgIpc) is 2.82. The molecular formula is C13H9N3O. The third-order valence-electron chi connectivity index (χ3n) is 2.73. The van der Waals surface area contributed by atoms with Gasteiger partial charge in [0.1, 0.15) is 6.29 Å². The van der Waals surface area contributed by atoms with Crippen LogP contribution in [-0.2, 0) is 4.79 Å². The Morgan fingerprint density at radius 3 is 3.00 bits per heavy atom. The number of nitrogens with one attached hydrogen (secondary N) is 1. The summed E-state index contributed by atoms with van der Waals surface area (Å²) in [5.41, 5.74) is 3.36. The Morgan fingerprint density at radius 2 is 2.18 bits per heavy atom. The van der Waals surface area contributed by atoms with E-state index in [1.807, 2.05) is 24.3 Å². The molecule has 0 saturated heterocycles. The molecule has 0 aliphatic rings. The fourth-order valence-electron chi connectivity index (χ4n) is 1.98. The van der Waals surface area contributed by atoms with Gasteiger partial charge >= 0.3 is 0 Å². The minimum absolute atomic E-state index is 0.429. The zero-order valence-corrected chi connectivity index (χ0v) is 8.97. The van der Waals surface area contributed by atoms with Crippen molar-refractivity contribution < 1.29 is 4.79 Å². The molecule has 2 aromatic heterocycles. The van der Waals surface area contributed by atoms with E-state index in [0.29, 0.717) is 11.2 Å². The van der Waals surface area contributed by atoms with Crippen LogP contribution in [-0.4, -0.2) is 21.2 Å². The first-order valence-electron chi connectivity index (χ1n) is 5.17. The predicted molar refractivity (Wildman–Crippen MR) is 66.5 cm³/mol. The number of rotatable bonds is 2. The second-order valence-electron chi connectivity index (χ2n) is 3.75. The maximum Gasteiger partial charge on any atom is 0.178 e. The molecule has 2 heterocycles. The standard InChI is InChI=1S/C13H9N3O/c1-8(6-17)11-9-4-2-3-5-10(9)16-13-12(11)14-7-15-13/h2-7H,1H2,(H,14,15,16). The third-order valence-corrected chi connectivity index (χ3v) is 2.73. The van der Waals surface area contributed by atoms with E-state index in [2.05, 4.69) is 21.5 Å². The number of nitrogens with zero attached hydrogens (tertiary/aromatic N) is 2. The topological polar surface area (TPSA) is 58.6 Å². The molecule has 0 aliphatic heterocycles. The second-order valence-corrected chi connectivity index (χ2v) is 3.75. The third kappa shape index (κ3) is 1.34. The van der Waals surface area contributed by atoms with Gasteiger partial charge in [-0.15, -0.1) is 0 Å². The van der Waals surface area contributed by atoms with E-state index in [1.165, 1.54) is 0 Å². The summed E-state index contributed by atoms with van der Waals surface area (Å²) in [6.07, 6.45) is 2.32. The van der Waals surface area contributed by atoms with E-state index in [9.17, 15) is 4.79 Å². The van der Waals surface area contributed by atoms with Crippen LogP contribution in [0.15, 0.2) is 37.2 Å². The van der Waals surface area contributed by atoms with Crippen molar-refractivity contribution in [3.05, 3.63) is 42.7 Å². The molecule has 4 heteroatoms. The molecule has 0 bridgehead atoms. The number of aromatic amines is 1. The molecule has 0 fully saturated rings. The van der Waals surface area contributed by atoms with Gasteiger partial charge in [-0.3, -0.25) is 4.79 Å². The summed E-state index contributed by atoms with van der Waals surface area (Å²) < 4.78 is 0. The molecule has 0 spiro atoms. The van der Waals surface area contributed by atoms with E-state index in [-0.39, 0.29) is 0 Å². The van der Waals surface area contributed by atoms with Crippen LogP contribution in [0.5, 0.6) is 0 Å². The van der Waals surface area contributed by atoms with E-state index < -0.39 is 0 Å². The van der Waals surface area contributed by atoms with Gasteiger partial charge < -0.3 is 4.98 Å². The number of carbonyl (C=O) groups excluding carboxylic acids is 1. The first-order chi connectivity index (χ1) is 8.31. The van der Waals surface area contributed by atoms with E-state index >= 15 is 0 Å². The molecule has 4 nitrogen and oxygen atoms in total. The highest BCUT2D eigenvalue weighted by Crippen LogP contribution is 2.27. The summed E-state index contributed by atoms with van der Waals surface area (Å²) >= 11 is 0. The van der Waals surface area contributed by atoms with Gasteiger partial charge in [-0.05, 0) is 6.07 Å². The monoisotopic (exact) mass is 223 g/mol. The number of allylic oxidation sites excluding steroid dienone is 1. The van der Waals surface area contributed by atoms with Crippen LogP contribution in [0.25, 0.3) is 27.6 Å². The lowest BCUT2D eigenvalue weighted by atomic mass is 10.0. The molecule has 1 aromatic carbocycles. The highest BCUT2D eigenvalue weighted by atomic mass is 16.1. The van der Waals surface area contributed by atoms with Crippen LogP contribution in [0.2, 0.25) is 0 Å². The van der Waals surface area contributed by atoms with Gasteiger partial charge in [0, 0.05) is 16.5 Å². The number of aromatic nitrogens is 3. The molecule has 17 heavy (non-hydrogen) atoms. The number of para-hydroxylation sites is 1. The SMILES string of the molecule is C=C(C=O)c1c2ccccc2nc2nc[nH]c12. The largest absolute Gasteiger partial charge is 0.343 e. The van der Waals surface area contributed by atoms with Crippen LogP contribution in [0.1, 0.15) is 5.56 Å². The summed E-state index contributed by atoms with van der Waals surface area (Å²) in [7, 11) is 0. The van der Waals surface area contributed by atoms with Crippen LogP contribution in [0.3, 0.4) is 0 Å². The van der Waals surface area contributed by atoms with Crippen molar-refractivity contribution in [1.29, 1.82) is 0 Å². The molecule has 0 atom stereocenters. The van der Waals surface area contributed by atoms with Crippen molar-refractivity contribution in [2.75, 3.05) is 0 Å². The number of hydrogen-bond acceptors (Lipinski definition) is 3. The summed E-state index contributed by atoms with van der Waals surface area (Å²) in [5, 5.41) is 0.904. The lowest BCUT2D eigenvalue weighted by molar-refractivity contribution is -0.103. The van der Waals surface area contributed by atoms with Gasteiger partial charge in [-0.1, -0.05) is 24.8 Å². The van der Waals surface area contributed by atoms with Gasteiger partial charge in [-0.2, -0.15) is 0 Å². The number of fused-ring (bicyclic) bond motifs is 2. The average molecular weight is 223 g/mol.